The molecule has 0 aliphatic carbocycles. The van der Waals surface area contributed by atoms with Crippen LogP contribution in [0.3, 0.4) is 0 Å². The van der Waals surface area contributed by atoms with Crippen LogP contribution in [0.15, 0.2) is 28.0 Å². The lowest BCUT2D eigenvalue weighted by Crippen LogP contribution is -2.33. The molecule has 0 bridgehead atoms. The van der Waals surface area contributed by atoms with Crippen LogP contribution < -0.4 is 5.73 Å². The average molecular weight is 181 g/mol. The molecule has 0 aliphatic heterocycles. The van der Waals surface area contributed by atoms with E-state index in [4.69, 9.17) is 10.2 Å². The van der Waals surface area contributed by atoms with Gasteiger partial charge in [0.2, 0.25) is 0 Å². The Morgan fingerprint density at radius 3 is 3.00 bits per heavy atom. The molecule has 1 rings (SSSR count). The van der Waals surface area contributed by atoms with Gasteiger partial charge in [0.1, 0.15) is 0 Å². The Balaban J connectivity index is 2.50. The lowest BCUT2D eigenvalue weighted by Gasteiger charge is -2.16. The van der Waals surface area contributed by atoms with Gasteiger partial charge in [0.05, 0.1) is 12.5 Å². The zero-order valence-corrected chi connectivity index (χ0v) is 8.03. The van der Waals surface area contributed by atoms with E-state index in [2.05, 4.69) is 4.99 Å². The van der Waals surface area contributed by atoms with Gasteiger partial charge in [0, 0.05) is 25.7 Å². The van der Waals surface area contributed by atoms with E-state index in [1.54, 1.807) is 12.5 Å². The predicted molar refractivity (Wildman–Crippen MR) is 52.3 cm³/mol. The summed E-state index contributed by atoms with van der Waals surface area (Å²) in [6, 6.07) is 1.91. The highest BCUT2D eigenvalue weighted by molar-refractivity contribution is 5.77. The average Bonchev–Trinajstić information content (AvgIpc) is 2.57. The van der Waals surface area contributed by atoms with Crippen LogP contribution in [-0.2, 0) is 6.54 Å². The monoisotopic (exact) mass is 181 g/mol. The van der Waals surface area contributed by atoms with Gasteiger partial charge < -0.3 is 15.1 Å². The van der Waals surface area contributed by atoms with E-state index in [-0.39, 0.29) is 0 Å². The molecule has 0 aliphatic rings. The first-order chi connectivity index (χ1) is 6.24. The molecule has 0 atom stereocenters. The highest BCUT2D eigenvalue weighted by atomic mass is 16.3. The van der Waals surface area contributed by atoms with Crippen molar-refractivity contribution in [2.45, 2.75) is 13.5 Å². The van der Waals surface area contributed by atoms with Gasteiger partial charge in [-0.25, -0.2) is 0 Å². The highest BCUT2D eigenvalue weighted by Crippen LogP contribution is 2.02. The molecule has 2 N–H and O–H groups in total. The quantitative estimate of drug-likeness (QED) is 0.560. The number of rotatable bonds is 3. The SMILES string of the molecule is CCN=C(N)N(C)Cc1ccoc1. The van der Waals surface area contributed by atoms with Crippen molar-refractivity contribution in [2.75, 3.05) is 13.6 Å². The number of hydrogen-bond donors (Lipinski definition) is 1. The Morgan fingerprint density at radius 2 is 2.46 bits per heavy atom. The third kappa shape index (κ3) is 2.82. The van der Waals surface area contributed by atoms with E-state index in [9.17, 15) is 0 Å². The van der Waals surface area contributed by atoms with Crippen molar-refractivity contribution in [2.24, 2.45) is 10.7 Å². The summed E-state index contributed by atoms with van der Waals surface area (Å²) < 4.78 is 4.95. The van der Waals surface area contributed by atoms with Crippen molar-refractivity contribution in [3.63, 3.8) is 0 Å². The van der Waals surface area contributed by atoms with Crippen molar-refractivity contribution in [1.29, 1.82) is 0 Å². The van der Waals surface area contributed by atoms with Crippen molar-refractivity contribution >= 4 is 5.96 Å². The Bertz CT molecular complexity index is 266. The zero-order chi connectivity index (χ0) is 9.68. The first-order valence-corrected chi connectivity index (χ1v) is 4.26. The fraction of sp³-hybridized carbons (Fsp3) is 0.444. The van der Waals surface area contributed by atoms with Crippen LogP contribution in [0.1, 0.15) is 12.5 Å². The minimum atomic E-state index is 0.559. The first kappa shape index (κ1) is 9.64. The number of guanidine groups is 1. The summed E-state index contributed by atoms with van der Waals surface area (Å²) in [6.07, 6.45) is 3.35. The number of nitrogens with zero attached hydrogens (tertiary/aromatic N) is 2. The standard InChI is InChI=1S/C9H15N3O/c1-3-11-9(10)12(2)6-8-4-5-13-7-8/h4-5,7H,3,6H2,1-2H3,(H2,10,11). The fourth-order valence-corrected chi connectivity index (χ4v) is 1.02. The molecule has 1 aromatic heterocycles. The van der Waals surface area contributed by atoms with Crippen molar-refractivity contribution in [3.05, 3.63) is 24.2 Å². The summed E-state index contributed by atoms with van der Waals surface area (Å²) in [6.45, 7) is 3.39. The summed E-state index contributed by atoms with van der Waals surface area (Å²) >= 11 is 0. The van der Waals surface area contributed by atoms with E-state index < -0.39 is 0 Å². The van der Waals surface area contributed by atoms with E-state index in [0.29, 0.717) is 12.5 Å². The summed E-state index contributed by atoms with van der Waals surface area (Å²) in [5.74, 6) is 0.559. The molecule has 4 nitrogen and oxygen atoms in total. The normalized spacial score (nSPS) is 11.7. The molecule has 0 radical (unpaired) electrons. The van der Waals surface area contributed by atoms with E-state index >= 15 is 0 Å². The van der Waals surface area contributed by atoms with E-state index in [0.717, 1.165) is 12.1 Å². The van der Waals surface area contributed by atoms with Gasteiger partial charge in [-0.15, -0.1) is 0 Å². The molecule has 4 heteroatoms. The smallest absolute Gasteiger partial charge is 0.191 e. The van der Waals surface area contributed by atoms with Crippen LogP contribution in [0.5, 0.6) is 0 Å². The van der Waals surface area contributed by atoms with Crippen LogP contribution in [0, 0.1) is 0 Å². The zero-order valence-electron chi connectivity index (χ0n) is 8.03. The van der Waals surface area contributed by atoms with Crippen LogP contribution in [0.2, 0.25) is 0 Å². The summed E-state index contributed by atoms with van der Waals surface area (Å²) in [5, 5.41) is 0. The molecular formula is C9H15N3O. The Labute approximate surface area is 78.0 Å². The lowest BCUT2D eigenvalue weighted by atomic mass is 10.3. The second kappa shape index (κ2) is 4.54. The van der Waals surface area contributed by atoms with Gasteiger partial charge in [-0.1, -0.05) is 0 Å². The highest BCUT2D eigenvalue weighted by Gasteiger charge is 2.02. The number of aliphatic imine (C=N–C) groups is 1. The Morgan fingerprint density at radius 1 is 1.69 bits per heavy atom. The Hall–Kier alpha value is -1.45. The van der Waals surface area contributed by atoms with E-state index in [1.165, 1.54) is 0 Å². The van der Waals surface area contributed by atoms with Crippen LogP contribution in [-0.4, -0.2) is 24.5 Å². The van der Waals surface area contributed by atoms with Gasteiger partial charge in [-0.05, 0) is 13.0 Å². The van der Waals surface area contributed by atoms with Crippen LogP contribution >= 0.6 is 0 Å². The van der Waals surface area contributed by atoms with Crippen molar-refractivity contribution in [3.8, 4) is 0 Å². The molecule has 1 aromatic rings. The van der Waals surface area contributed by atoms with E-state index in [1.807, 2.05) is 24.9 Å². The van der Waals surface area contributed by atoms with Gasteiger partial charge in [0.25, 0.3) is 0 Å². The molecule has 0 fully saturated rings. The fourth-order valence-electron chi connectivity index (χ4n) is 1.02. The first-order valence-electron chi connectivity index (χ1n) is 4.26. The van der Waals surface area contributed by atoms with Gasteiger partial charge in [-0.2, -0.15) is 0 Å². The maximum atomic E-state index is 5.69. The summed E-state index contributed by atoms with van der Waals surface area (Å²) in [7, 11) is 1.90. The number of hydrogen-bond acceptors (Lipinski definition) is 2. The molecular weight excluding hydrogens is 166 g/mol. The van der Waals surface area contributed by atoms with Gasteiger partial charge in [-0.3, -0.25) is 4.99 Å². The Kier molecular flexibility index (Phi) is 3.37. The van der Waals surface area contributed by atoms with Crippen LogP contribution in [0.4, 0.5) is 0 Å². The molecule has 0 spiro atoms. The predicted octanol–water partition coefficient (Wildman–Crippen LogP) is 1.05. The molecule has 0 amide bonds. The number of furan rings is 1. The van der Waals surface area contributed by atoms with Gasteiger partial charge >= 0.3 is 0 Å². The van der Waals surface area contributed by atoms with Crippen molar-refractivity contribution in [1.82, 2.24) is 4.90 Å². The molecule has 72 valence electrons. The second-order valence-corrected chi connectivity index (χ2v) is 2.82. The molecule has 0 saturated heterocycles. The molecule has 0 saturated carbocycles. The third-order valence-electron chi connectivity index (χ3n) is 1.71. The topological polar surface area (TPSA) is 54.8 Å². The molecule has 0 unspecified atom stereocenters. The van der Waals surface area contributed by atoms with Crippen molar-refractivity contribution < 1.29 is 4.42 Å². The maximum absolute atomic E-state index is 5.69. The summed E-state index contributed by atoms with van der Waals surface area (Å²) in [4.78, 5) is 5.98. The minimum Gasteiger partial charge on any atom is -0.472 e. The minimum absolute atomic E-state index is 0.559. The molecule has 13 heavy (non-hydrogen) atoms. The van der Waals surface area contributed by atoms with Gasteiger partial charge in [0.15, 0.2) is 5.96 Å². The number of nitrogens with two attached hydrogens (primary N) is 1. The maximum Gasteiger partial charge on any atom is 0.191 e. The van der Waals surface area contributed by atoms with Crippen LogP contribution in [0.25, 0.3) is 0 Å². The largest absolute Gasteiger partial charge is 0.472 e. The summed E-state index contributed by atoms with van der Waals surface area (Å²) in [5.41, 5.74) is 6.78. The molecule has 1 heterocycles. The lowest BCUT2D eigenvalue weighted by molar-refractivity contribution is 0.485. The third-order valence-corrected chi connectivity index (χ3v) is 1.71. The second-order valence-electron chi connectivity index (χ2n) is 2.82. The molecule has 0 aromatic carbocycles.